The van der Waals surface area contributed by atoms with Crippen molar-refractivity contribution in [1.82, 2.24) is 0 Å². The molecule has 27 heavy (non-hydrogen) atoms. The van der Waals surface area contributed by atoms with Crippen LogP contribution < -0.4 is 4.74 Å². The average molecular weight is 363 g/mol. The molecule has 0 fully saturated rings. The molecule has 2 aromatic rings. The first kappa shape index (κ1) is 20.3. The fourth-order valence-electron chi connectivity index (χ4n) is 2.59. The fourth-order valence-corrected chi connectivity index (χ4v) is 2.59. The smallest absolute Gasteiger partial charge is 0.349 e. The first-order chi connectivity index (χ1) is 12.8. The van der Waals surface area contributed by atoms with Crippen molar-refractivity contribution in [1.29, 1.82) is 5.26 Å². The second-order valence-corrected chi connectivity index (χ2v) is 6.86. The standard InChI is InChI=1S/C23H25NO3/c1-15(2)27-23(25)20(13-24)11-19-12-21(18(5)10-17(19)4)14-26-22-8-6-16(3)7-9-22/h6-12,15H,14H2,1-5H3/b20-11+. The topological polar surface area (TPSA) is 59.3 Å². The summed E-state index contributed by atoms with van der Waals surface area (Å²) >= 11 is 0. The lowest BCUT2D eigenvalue weighted by Crippen LogP contribution is -2.12. The molecule has 0 aliphatic carbocycles. The molecule has 0 saturated carbocycles. The molecule has 0 heterocycles. The summed E-state index contributed by atoms with van der Waals surface area (Å²) < 4.78 is 11.0. The fraction of sp³-hybridized carbons (Fsp3) is 0.304. The highest BCUT2D eigenvalue weighted by molar-refractivity contribution is 5.98. The van der Waals surface area contributed by atoms with Gasteiger partial charge in [0, 0.05) is 0 Å². The molecule has 0 spiro atoms. The van der Waals surface area contributed by atoms with Gasteiger partial charge in [-0.2, -0.15) is 5.26 Å². The zero-order chi connectivity index (χ0) is 20.0. The Morgan fingerprint density at radius 1 is 1.11 bits per heavy atom. The maximum atomic E-state index is 12.1. The summed E-state index contributed by atoms with van der Waals surface area (Å²) in [5, 5.41) is 9.32. The first-order valence-corrected chi connectivity index (χ1v) is 8.92. The number of aryl methyl sites for hydroxylation is 3. The number of nitriles is 1. The zero-order valence-electron chi connectivity index (χ0n) is 16.5. The SMILES string of the molecule is Cc1ccc(OCc2cc(/C=C(\C#N)C(=O)OC(C)C)c(C)cc2C)cc1. The Morgan fingerprint density at radius 2 is 1.78 bits per heavy atom. The van der Waals surface area contributed by atoms with Crippen LogP contribution >= 0.6 is 0 Å². The van der Waals surface area contributed by atoms with Gasteiger partial charge in [-0.25, -0.2) is 4.79 Å². The van der Waals surface area contributed by atoms with Gasteiger partial charge in [-0.1, -0.05) is 23.8 Å². The summed E-state index contributed by atoms with van der Waals surface area (Å²) in [4.78, 5) is 12.1. The summed E-state index contributed by atoms with van der Waals surface area (Å²) in [6, 6.07) is 13.8. The molecule has 0 saturated heterocycles. The van der Waals surface area contributed by atoms with Gasteiger partial charge >= 0.3 is 5.97 Å². The van der Waals surface area contributed by atoms with Crippen LogP contribution in [-0.4, -0.2) is 12.1 Å². The van der Waals surface area contributed by atoms with Crippen LogP contribution in [0.3, 0.4) is 0 Å². The average Bonchev–Trinajstić information content (AvgIpc) is 2.61. The van der Waals surface area contributed by atoms with E-state index < -0.39 is 5.97 Å². The van der Waals surface area contributed by atoms with Crippen molar-refractivity contribution in [3.63, 3.8) is 0 Å². The molecule has 4 heteroatoms. The van der Waals surface area contributed by atoms with Gasteiger partial charge < -0.3 is 9.47 Å². The predicted molar refractivity (Wildman–Crippen MR) is 106 cm³/mol. The van der Waals surface area contributed by atoms with Crippen LogP contribution in [-0.2, 0) is 16.1 Å². The molecule has 0 atom stereocenters. The Hall–Kier alpha value is -3.06. The van der Waals surface area contributed by atoms with E-state index in [9.17, 15) is 10.1 Å². The minimum absolute atomic E-state index is 0.0129. The summed E-state index contributed by atoms with van der Waals surface area (Å²) in [7, 11) is 0. The van der Waals surface area contributed by atoms with Crippen molar-refractivity contribution in [2.24, 2.45) is 0 Å². The third-order valence-electron chi connectivity index (χ3n) is 4.12. The Bertz CT molecular complexity index is 887. The number of carbonyl (C=O) groups excluding carboxylic acids is 1. The minimum atomic E-state index is -0.607. The maximum absolute atomic E-state index is 12.1. The van der Waals surface area contributed by atoms with Gasteiger partial charge in [0.2, 0.25) is 0 Å². The van der Waals surface area contributed by atoms with Crippen molar-refractivity contribution in [2.75, 3.05) is 0 Å². The molecular weight excluding hydrogens is 338 g/mol. The molecule has 0 N–H and O–H groups in total. The van der Waals surface area contributed by atoms with Crippen molar-refractivity contribution in [3.05, 3.63) is 69.8 Å². The summed E-state index contributed by atoms with van der Waals surface area (Å²) in [5.74, 6) is 0.195. The molecule has 0 radical (unpaired) electrons. The number of carbonyl (C=O) groups is 1. The highest BCUT2D eigenvalue weighted by Crippen LogP contribution is 2.21. The van der Waals surface area contributed by atoms with Gasteiger partial charge in [0.25, 0.3) is 0 Å². The largest absolute Gasteiger partial charge is 0.489 e. The number of benzene rings is 2. The second-order valence-electron chi connectivity index (χ2n) is 6.86. The Kier molecular flexibility index (Phi) is 6.79. The molecule has 0 bridgehead atoms. The van der Waals surface area contributed by atoms with E-state index in [4.69, 9.17) is 9.47 Å². The molecular formula is C23H25NO3. The van der Waals surface area contributed by atoms with Crippen molar-refractivity contribution in [2.45, 2.75) is 47.3 Å². The van der Waals surface area contributed by atoms with E-state index in [1.807, 2.05) is 63.2 Å². The molecule has 2 aromatic carbocycles. The van der Waals surface area contributed by atoms with E-state index in [2.05, 4.69) is 0 Å². The van der Waals surface area contributed by atoms with Gasteiger partial charge in [-0.3, -0.25) is 0 Å². The number of hydrogen-bond donors (Lipinski definition) is 0. The van der Waals surface area contributed by atoms with E-state index in [1.165, 1.54) is 5.56 Å². The maximum Gasteiger partial charge on any atom is 0.349 e. The molecule has 4 nitrogen and oxygen atoms in total. The molecule has 0 aromatic heterocycles. The molecule has 2 rings (SSSR count). The highest BCUT2D eigenvalue weighted by atomic mass is 16.5. The quantitative estimate of drug-likeness (QED) is 0.409. The summed E-state index contributed by atoms with van der Waals surface area (Å²) in [5.41, 5.74) is 5.05. The number of ether oxygens (including phenoxy) is 2. The van der Waals surface area contributed by atoms with Gasteiger partial charge in [-0.15, -0.1) is 0 Å². The highest BCUT2D eigenvalue weighted by Gasteiger charge is 2.14. The third kappa shape index (κ3) is 5.72. The van der Waals surface area contributed by atoms with E-state index in [1.54, 1.807) is 19.9 Å². The lowest BCUT2D eigenvalue weighted by atomic mass is 9.98. The van der Waals surface area contributed by atoms with Crippen LogP contribution in [0, 0.1) is 32.1 Å². The van der Waals surface area contributed by atoms with Gasteiger partial charge in [-0.05, 0) is 81.1 Å². The van der Waals surface area contributed by atoms with Crippen LogP contribution in [0.1, 0.15) is 41.7 Å². The Balaban J connectivity index is 2.26. The second kappa shape index (κ2) is 9.05. The van der Waals surface area contributed by atoms with Crippen LogP contribution in [0.25, 0.3) is 6.08 Å². The van der Waals surface area contributed by atoms with Crippen LogP contribution in [0.5, 0.6) is 5.75 Å². The third-order valence-corrected chi connectivity index (χ3v) is 4.12. The lowest BCUT2D eigenvalue weighted by molar-refractivity contribution is -0.142. The normalized spacial score (nSPS) is 11.2. The van der Waals surface area contributed by atoms with Crippen LogP contribution in [0.2, 0.25) is 0 Å². The number of rotatable bonds is 6. The van der Waals surface area contributed by atoms with E-state index >= 15 is 0 Å². The summed E-state index contributed by atoms with van der Waals surface area (Å²) in [6.45, 7) is 9.92. The number of nitrogens with zero attached hydrogens (tertiary/aromatic N) is 1. The molecule has 0 unspecified atom stereocenters. The van der Waals surface area contributed by atoms with Gasteiger partial charge in [0.1, 0.15) is 24.0 Å². The Morgan fingerprint density at radius 3 is 2.37 bits per heavy atom. The van der Waals surface area contributed by atoms with Gasteiger partial charge in [0.05, 0.1) is 6.10 Å². The monoisotopic (exact) mass is 363 g/mol. The molecule has 0 aliphatic heterocycles. The number of hydrogen-bond acceptors (Lipinski definition) is 4. The number of esters is 1. The van der Waals surface area contributed by atoms with Crippen LogP contribution in [0.4, 0.5) is 0 Å². The van der Waals surface area contributed by atoms with E-state index in [-0.39, 0.29) is 11.7 Å². The molecule has 0 aliphatic rings. The van der Waals surface area contributed by atoms with Crippen molar-refractivity contribution < 1.29 is 14.3 Å². The van der Waals surface area contributed by atoms with Crippen molar-refractivity contribution in [3.8, 4) is 11.8 Å². The molecule has 140 valence electrons. The van der Waals surface area contributed by atoms with Gasteiger partial charge in [0.15, 0.2) is 0 Å². The molecule has 0 amide bonds. The zero-order valence-corrected chi connectivity index (χ0v) is 16.5. The van der Waals surface area contributed by atoms with Crippen LogP contribution in [0.15, 0.2) is 42.0 Å². The first-order valence-electron chi connectivity index (χ1n) is 8.92. The Labute approximate surface area is 161 Å². The summed E-state index contributed by atoms with van der Waals surface area (Å²) in [6.07, 6.45) is 1.31. The minimum Gasteiger partial charge on any atom is -0.489 e. The lowest BCUT2D eigenvalue weighted by Gasteiger charge is -2.12. The van der Waals surface area contributed by atoms with E-state index in [0.29, 0.717) is 6.61 Å². The predicted octanol–water partition coefficient (Wildman–Crippen LogP) is 5.05. The van der Waals surface area contributed by atoms with Crippen molar-refractivity contribution >= 4 is 12.0 Å². The van der Waals surface area contributed by atoms with E-state index in [0.717, 1.165) is 28.0 Å².